The van der Waals surface area contributed by atoms with Crippen LogP contribution >= 0.6 is 12.4 Å². The first kappa shape index (κ1) is 14.9. The second kappa shape index (κ2) is 8.10. The maximum Gasteiger partial charge on any atom is 0.250 e. The average molecular weight is 245 g/mol. The number of amides is 1. The van der Waals surface area contributed by atoms with Crippen LogP contribution in [0.5, 0.6) is 0 Å². The third-order valence-corrected chi connectivity index (χ3v) is 1.93. The minimum atomic E-state index is -0.138. The highest BCUT2D eigenvalue weighted by Gasteiger charge is 2.04. The molecular formula is C11H17ClN2O2. The number of benzene rings is 1. The number of ether oxygens (including phenoxy) is 1. The molecule has 4 nitrogen and oxygen atoms in total. The van der Waals surface area contributed by atoms with Gasteiger partial charge in [0.05, 0.1) is 0 Å². The molecule has 0 aliphatic heterocycles. The number of halogens is 1. The van der Waals surface area contributed by atoms with Crippen LogP contribution in [0.25, 0.3) is 0 Å². The summed E-state index contributed by atoms with van der Waals surface area (Å²) in [5.74, 6) is -0.138. The van der Waals surface area contributed by atoms with E-state index < -0.39 is 0 Å². The van der Waals surface area contributed by atoms with E-state index >= 15 is 0 Å². The van der Waals surface area contributed by atoms with Crippen molar-refractivity contribution in [2.24, 2.45) is 0 Å². The van der Waals surface area contributed by atoms with Crippen molar-refractivity contribution < 1.29 is 9.53 Å². The molecule has 90 valence electrons. The minimum absolute atomic E-state index is 0. The van der Waals surface area contributed by atoms with E-state index in [2.05, 4.69) is 10.6 Å². The molecule has 0 radical (unpaired) electrons. The summed E-state index contributed by atoms with van der Waals surface area (Å²) in [6.07, 6.45) is 0. The summed E-state index contributed by atoms with van der Waals surface area (Å²) < 4.78 is 4.75. The molecule has 0 fully saturated rings. The van der Waals surface area contributed by atoms with Crippen LogP contribution < -0.4 is 10.6 Å². The van der Waals surface area contributed by atoms with Crippen LogP contribution in [0.3, 0.4) is 0 Å². The first-order valence-corrected chi connectivity index (χ1v) is 4.79. The summed E-state index contributed by atoms with van der Waals surface area (Å²) in [4.78, 5) is 11.3. The van der Waals surface area contributed by atoms with Crippen molar-refractivity contribution in [3.63, 3.8) is 0 Å². The minimum Gasteiger partial charge on any atom is -0.375 e. The molecule has 0 aromatic heterocycles. The number of rotatable bonds is 5. The third kappa shape index (κ3) is 4.61. The molecule has 0 unspecified atom stereocenters. The van der Waals surface area contributed by atoms with E-state index in [0.29, 0.717) is 0 Å². The van der Waals surface area contributed by atoms with Gasteiger partial charge in [-0.3, -0.25) is 4.79 Å². The van der Waals surface area contributed by atoms with Gasteiger partial charge in [0.1, 0.15) is 6.61 Å². The second-order valence-corrected chi connectivity index (χ2v) is 3.17. The zero-order valence-corrected chi connectivity index (χ0v) is 10.3. The Kier molecular flexibility index (Phi) is 7.54. The average Bonchev–Trinajstić information content (AvgIpc) is 2.21. The topological polar surface area (TPSA) is 50.4 Å². The van der Waals surface area contributed by atoms with Gasteiger partial charge in [-0.05, 0) is 18.7 Å². The van der Waals surface area contributed by atoms with Gasteiger partial charge in [0.2, 0.25) is 5.91 Å². The van der Waals surface area contributed by atoms with E-state index in [1.807, 2.05) is 31.3 Å². The Hall–Kier alpha value is -1.10. The van der Waals surface area contributed by atoms with Gasteiger partial charge < -0.3 is 15.4 Å². The first-order valence-electron chi connectivity index (χ1n) is 4.79. The number of anilines is 1. The highest BCUT2D eigenvalue weighted by molar-refractivity contribution is 5.92. The maximum absolute atomic E-state index is 11.3. The molecule has 2 N–H and O–H groups in total. The normalized spacial score (nSPS) is 9.38. The molecule has 0 saturated carbocycles. The predicted octanol–water partition coefficient (Wildman–Crippen LogP) is 1.41. The molecule has 0 aliphatic carbocycles. The van der Waals surface area contributed by atoms with Crippen LogP contribution in [0.1, 0.15) is 5.56 Å². The molecule has 0 atom stereocenters. The highest BCUT2D eigenvalue weighted by Crippen LogP contribution is 2.14. The third-order valence-electron chi connectivity index (χ3n) is 1.93. The molecular weight excluding hydrogens is 228 g/mol. The van der Waals surface area contributed by atoms with Gasteiger partial charge in [0.15, 0.2) is 0 Å². The number of hydrogen-bond donors (Lipinski definition) is 2. The zero-order valence-electron chi connectivity index (χ0n) is 9.45. The van der Waals surface area contributed by atoms with Crippen LogP contribution in [0.2, 0.25) is 0 Å². The molecule has 1 aromatic rings. The summed E-state index contributed by atoms with van der Waals surface area (Å²) in [7, 11) is 3.37. The van der Waals surface area contributed by atoms with Crippen LogP contribution in [0.4, 0.5) is 5.69 Å². The SMILES string of the molecule is CNCc1ccccc1NC(=O)COC.Cl. The monoisotopic (exact) mass is 244 g/mol. The highest BCUT2D eigenvalue weighted by atomic mass is 35.5. The van der Waals surface area contributed by atoms with Gasteiger partial charge in [0, 0.05) is 19.3 Å². The van der Waals surface area contributed by atoms with Crippen molar-refractivity contribution in [1.82, 2.24) is 5.32 Å². The number of carbonyl (C=O) groups is 1. The molecule has 0 aliphatic rings. The van der Waals surface area contributed by atoms with Crippen molar-refractivity contribution in [3.05, 3.63) is 29.8 Å². The van der Waals surface area contributed by atoms with Crippen LogP contribution in [0, 0.1) is 0 Å². The lowest BCUT2D eigenvalue weighted by molar-refractivity contribution is -0.119. The second-order valence-electron chi connectivity index (χ2n) is 3.17. The summed E-state index contributed by atoms with van der Waals surface area (Å²) in [5, 5.41) is 5.84. The van der Waals surface area contributed by atoms with E-state index in [4.69, 9.17) is 4.74 Å². The van der Waals surface area contributed by atoms with Gasteiger partial charge in [-0.25, -0.2) is 0 Å². The number of hydrogen-bond acceptors (Lipinski definition) is 3. The molecule has 16 heavy (non-hydrogen) atoms. The van der Waals surface area contributed by atoms with Crippen LogP contribution in [-0.2, 0) is 16.1 Å². The number of methoxy groups -OCH3 is 1. The Labute approximate surface area is 102 Å². The van der Waals surface area contributed by atoms with Crippen molar-refractivity contribution >= 4 is 24.0 Å². The fourth-order valence-corrected chi connectivity index (χ4v) is 1.30. The maximum atomic E-state index is 11.3. The largest absolute Gasteiger partial charge is 0.375 e. The number of nitrogens with one attached hydrogen (secondary N) is 2. The molecule has 0 spiro atoms. The van der Waals surface area contributed by atoms with E-state index in [1.165, 1.54) is 7.11 Å². The summed E-state index contributed by atoms with van der Waals surface area (Å²) in [5.41, 5.74) is 1.89. The first-order chi connectivity index (χ1) is 7.27. The summed E-state index contributed by atoms with van der Waals surface area (Å²) in [6.45, 7) is 0.803. The molecule has 0 saturated heterocycles. The Morgan fingerprint density at radius 3 is 2.69 bits per heavy atom. The van der Waals surface area contributed by atoms with Crippen LogP contribution in [0.15, 0.2) is 24.3 Å². The van der Waals surface area contributed by atoms with E-state index in [-0.39, 0.29) is 24.9 Å². The van der Waals surface area contributed by atoms with Gasteiger partial charge in [-0.1, -0.05) is 18.2 Å². The Bertz CT molecular complexity index is 332. The van der Waals surface area contributed by atoms with Gasteiger partial charge in [-0.15, -0.1) is 12.4 Å². The molecule has 1 amide bonds. The Morgan fingerprint density at radius 1 is 1.38 bits per heavy atom. The summed E-state index contributed by atoms with van der Waals surface area (Å²) in [6, 6.07) is 7.68. The lowest BCUT2D eigenvalue weighted by atomic mass is 10.2. The van der Waals surface area contributed by atoms with Gasteiger partial charge in [0.25, 0.3) is 0 Å². The molecule has 0 heterocycles. The van der Waals surface area contributed by atoms with Gasteiger partial charge >= 0.3 is 0 Å². The number of para-hydroxylation sites is 1. The number of carbonyl (C=O) groups excluding carboxylic acids is 1. The Morgan fingerprint density at radius 2 is 2.06 bits per heavy atom. The van der Waals surface area contributed by atoms with Crippen molar-refractivity contribution in [2.75, 3.05) is 26.1 Å². The van der Waals surface area contributed by atoms with Gasteiger partial charge in [-0.2, -0.15) is 0 Å². The standard InChI is InChI=1S/C11H16N2O2.ClH/c1-12-7-9-5-3-4-6-10(9)13-11(14)8-15-2;/h3-6,12H,7-8H2,1-2H3,(H,13,14);1H. The van der Waals surface area contributed by atoms with Crippen molar-refractivity contribution in [2.45, 2.75) is 6.54 Å². The van der Waals surface area contributed by atoms with Crippen molar-refractivity contribution in [1.29, 1.82) is 0 Å². The fourth-order valence-electron chi connectivity index (χ4n) is 1.30. The van der Waals surface area contributed by atoms with E-state index in [9.17, 15) is 4.79 Å². The lowest BCUT2D eigenvalue weighted by Gasteiger charge is -2.10. The zero-order chi connectivity index (χ0) is 11.1. The lowest BCUT2D eigenvalue weighted by Crippen LogP contribution is -2.19. The fraction of sp³-hybridized carbons (Fsp3) is 0.364. The summed E-state index contributed by atoms with van der Waals surface area (Å²) >= 11 is 0. The Balaban J connectivity index is 0.00000225. The molecule has 5 heteroatoms. The van der Waals surface area contributed by atoms with E-state index in [0.717, 1.165) is 17.8 Å². The van der Waals surface area contributed by atoms with Crippen LogP contribution in [-0.4, -0.2) is 26.7 Å². The smallest absolute Gasteiger partial charge is 0.250 e. The molecule has 1 aromatic carbocycles. The quantitative estimate of drug-likeness (QED) is 0.824. The predicted molar refractivity (Wildman–Crippen MR) is 67.0 cm³/mol. The van der Waals surface area contributed by atoms with E-state index in [1.54, 1.807) is 0 Å². The molecule has 0 bridgehead atoms. The van der Waals surface area contributed by atoms with Crippen molar-refractivity contribution in [3.8, 4) is 0 Å². The molecule has 1 rings (SSSR count).